The number of carbonyl (C=O) groups is 1. The molecule has 1 saturated carbocycles. The number of carbonyl (C=O) groups excluding carboxylic acids is 1. The molecule has 0 unspecified atom stereocenters. The first-order chi connectivity index (χ1) is 15.0. The third kappa shape index (κ3) is 4.23. The van der Waals surface area contributed by atoms with E-state index in [1.807, 2.05) is 29.3 Å². The molecule has 7 heteroatoms. The number of anilines is 2. The highest BCUT2D eigenvalue weighted by Gasteiger charge is 2.29. The van der Waals surface area contributed by atoms with Crippen molar-refractivity contribution in [2.24, 2.45) is 0 Å². The van der Waals surface area contributed by atoms with Gasteiger partial charge in [0.25, 0.3) is 5.91 Å². The van der Waals surface area contributed by atoms with E-state index in [-0.39, 0.29) is 5.91 Å². The van der Waals surface area contributed by atoms with Crippen LogP contribution in [0.25, 0.3) is 0 Å². The highest BCUT2D eigenvalue weighted by molar-refractivity contribution is 6.31. The molecule has 3 heterocycles. The van der Waals surface area contributed by atoms with Gasteiger partial charge in [-0.15, -0.1) is 0 Å². The van der Waals surface area contributed by atoms with Gasteiger partial charge in [0.2, 0.25) is 0 Å². The summed E-state index contributed by atoms with van der Waals surface area (Å²) in [6.07, 6.45) is 4.63. The third-order valence-electron chi connectivity index (χ3n) is 6.68. The highest BCUT2D eigenvalue weighted by atomic mass is 35.5. The number of hydrogen-bond acceptors (Lipinski definition) is 5. The second kappa shape index (κ2) is 8.32. The van der Waals surface area contributed by atoms with Crippen LogP contribution in [-0.2, 0) is 0 Å². The number of likely N-dealkylation sites (N-methyl/N-ethyl adjacent to an activating group) is 1. The van der Waals surface area contributed by atoms with Crippen molar-refractivity contribution in [2.75, 3.05) is 62.8 Å². The molecule has 2 aliphatic heterocycles. The zero-order valence-corrected chi connectivity index (χ0v) is 19.1. The molecular formula is C24H30ClN5O. The van der Waals surface area contributed by atoms with Crippen LogP contribution in [0, 0.1) is 6.92 Å². The molecule has 0 atom stereocenters. The largest absolute Gasteiger partial charge is 0.357 e. The summed E-state index contributed by atoms with van der Waals surface area (Å²) in [5.41, 5.74) is 4.30. The fourth-order valence-corrected chi connectivity index (χ4v) is 4.89. The zero-order valence-electron chi connectivity index (χ0n) is 18.4. The number of rotatable bonds is 4. The molecule has 0 N–H and O–H groups in total. The summed E-state index contributed by atoms with van der Waals surface area (Å²) in [7, 11) is 2.10. The second-order valence-electron chi connectivity index (χ2n) is 9.11. The molecule has 1 aromatic carbocycles. The number of pyridine rings is 1. The average Bonchev–Trinajstić information content (AvgIpc) is 3.54. The zero-order chi connectivity index (χ0) is 21.5. The van der Waals surface area contributed by atoms with Crippen molar-refractivity contribution in [2.45, 2.75) is 25.7 Å². The predicted molar refractivity (Wildman–Crippen MR) is 125 cm³/mol. The van der Waals surface area contributed by atoms with Gasteiger partial charge in [-0.05, 0) is 62.1 Å². The minimum atomic E-state index is 0.0923. The number of benzene rings is 1. The molecule has 164 valence electrons. The highest BCUT2D eigenvalue weighted by Crippen LogP contribution is 2.40. The Labute approximate surface area is 189 Å². The summed E-state index contributed by atoms with van der Waals surface area (Å²) >= 11 is 6.28. The lowest BCUT2D eigenvalue weighted by atomic mass is 10.1. The quantitative estimate of drug-likeness (QED) is 0.728. The number of aromatic nitrogens is 1. The smallest absolute Gasteiger partial charge is 0.256 e. The number of amides is 1. The standard InChI is InChI=1S/C24H30ClN5O/c1-17-13-19(18-3-4-18)15-26-23(17)28-9-11-29(12-10-28)24(31)21-6-5-20(25)14-22(21)30-8-7-27(2)16-30/h5-6,13-15,18H,3-4,7-12,16H2,1-2H3. The Hall–Kier alpha value is -2.31. The van der Waals surface area contributed by atoms with E-state index < -0.39 is 0 Å². The van der Waals surface area contributed by atoms with Gasteiger partial charge in [0.1, 0.15) is 5.82 Å². The molecule has 1 amide bonds. The number of nitrogens with zero attached hydrogens (tertiary/aromatic N) is 5. The molecule has 1 aliphatic carbocycles. The van der Waals surface area contributed by atoms with Crippen LogP contribution < -0.4 is 9.80 Å². The van der Waals surface area contributed by atoms with Gasteiger partial charge in [-0.2, -0.15) is 0 Å². The number of hydrogen-bond donors (Lipinski definition) is 0. The number of piperazine rings is 1. The Morgan fingerprint density at radius 1 is 1.03 bits per heavy atom. The van der Waals surface area contributed by atoms with Gasteiger partial charge in [-0.3, -0.25) is 9.69 Å². The predicted octanol–water partition coefficient (Wildman–Crippen LogP) is 3.59. The van der Waals surface area contributed by atoms with Crippen molar-refractivity contribution in [1.29, 1.82) is 0 Å². The van der Waals surface area contributed by atoms with Gasteiger partial charge in [0, 0.05) is 50.5 Å². The van der Waals surface area contributed by atoms with Crippen molar-refractivity contribution in [3.8, 4) is 0 Å². The lowest BCUT2D eigenvalue weighted by Gasteiger charge is -2.36. The minimum absolute atomic E-state index is 0.0923. The van der Waals surface area contributed by atoms with Crippen molar-refractivity contribution in [3.63, 3.8) is 0 Å². The average molecular weight is 440 g/mol. The van der Waals surface area contributed by atoms with Crippen LogP contribution >= 0.6 is 11.6 Å². The Morgan fingerprint density at radius 2 is 1.77 bits per heavy atom. The molecule has 3 fully saturated rings. The molecule has 2 aromatic rings. The summed E-state index contributed by atoms with van der Waals surface area (Å²) in [5, 5.41) is 0.669. The van der Waals surface area contributed by atoms with Gasteiger partial charge in [-0.1, -0.05) is 17.7 Å². The Bertz CT molecular complexity index is 984. The summed E-state index contributed by atoms with van der Waals surface area (Å²) in [6.45, 7) is 7.88. The van der Waals surface area contributed by atoms with E-state index in [4.69, 9.17) is 16.6 Å². The maximum absolute atomic E-state index is 13.4. The van der Waals surface area contributed by atoms with Crippen LogP contribution in [0.2, 0.25) is 5.02 Å². The fourth-order valence-electron chi connectivity index (χ4n) is 4.72. The van der Waals surface area contributed by atoms with Gasteiger partial charge in [0.05, 0.1) is 17.9 Å². The van der Waals surface area contributed by atoms with E-state index >= 15 is 0 Å². The molecule has 0 bridgehead atoms. The minimum Gasteiger partial charge on any atom is -0.357 e. The van der Waals surface area contributed by atoms with Gasteiger partial charge in [-0.25, -0.2) is 4.98 Å². The summed E-state index contributed by atoms with van der Waals surface area (Å²) in [6, 6.07) is 7.93. The topological polar surface area (TPSA) is 42.9 Å². The van der Waals surface area contributed by atoms with Crippen LogP contribution in [-0.4, -0.2) is 73.7 Å². The van der Waals surface area contributed by atoms with Crippen LogP contribution in [0.1, 0.15) is 40.2 Å². The lowest BCUT2D eigenvalue weighted by molar-refractivity contribution is 0.0747. The molecule has 0 spiro atoms. The SMILES string of the molecule is Cc1cc(C2CC2)cnc1N1CCN(C(=O)c2ccc(Cl)cc2N2CCN(C)C2)CC1. The van der Waals surface area contributed by atoms with Crippen molar-refractivity contribution >= 4 is 29.0 Å². The van der Waals surface area contributed by atoms with Crippen molar-refractivity contribution in [3.05, 3.63) is 52.2 Å². The molecule has 3 aliphatic rings. The second-order valence-corrected chi connectivity index (χ2v) is 9.55. The summed E-state index contributed by atoms with van der Waals surface area (Å²) in [5.74, 6) is 1.87. The van der Waals surface area contributed by atoms with Gasteiger partial charge in [0.15, 0.2) is 0 Å². The van der Waals surface area contributed by atoms with Crippen LogP contribution in [0.5, 0.6) is 0 Å². The number of halogens is 1. The third-order valence-corrected chi connectivity index (χ3v) is 6.92. The fraction of sp³-hybridized carbons (Fsp3) is 0.500. The molecule has 6 nitrogen and oxygen atoms in total. The number of aryl methyl sites for hydroxylation is 1. The Balaban J connectivity index is 1.28. The Morgan fingerprint density at radius 3 is 2.42 bits per heavy atom. The van der Waals surface area contributed by atoms with Crippen LogP contribution in [0.3, 0.4) is 0 Å². The van der Waals surface area contributed by atoms with Crippen LogP contribution in [0.15, 0.2) is 30.5 Å². The molecule has 1 aromatic heterocycles. The van der Waals surface area contributed by atoms with E-state index in [2.05, 4.69) is 34.7 Å². The Kier molecular flexibility index (Phi) is 5.52. The van der Waals surface area contributed by atoms with E-state index in [0.717, 1.165) is 55.8 Å². The van der Waals surface area contributed by atoms with E-state index in [9.17, 15) is 4.79 Å². The van der Waals surface area contributed by atoms with Gasteiger partial charge >= 0.3 is 0 Å². The van der Waals surface area contributed by atoms with E-state index in [0.29, 0.717) is 18.1 Å². The van der Waals surface area contributed by atoms with Gasteiger partial charge < -0.3 is 14.7 Å². The van der Waals surface area contributed by atoms with Crippen LogP contribution in [0.4, 0.5) is 11.5 Å². The molecule has 2 saturated heterocycles. The molecule has 5 rings (SSSR count). The first-order valence-electron chi connectivity index (χ1n) is 11.2. The van der Waals surface area contributed by atoms with Crippen molar-refractivity contribution in [1.82, 2.24) is 14.8 Å². The summed E-state index contributed by atoms with van der Waals surface area (Å²) in [4.78, 5) is 27.0. The summed E-state index contributed by atoms with van der Waals surface area (Å²) < 4.78 is 0. The van der Waals surface area contributed by atoms with E-state index in [1.165, 1.54) is 24.0 Å². The molecular weight excluding hydrogens is 410 g/mol. The first-order valence-corrected chi connectivity index (χ1v) is 11.6. The first kappa shape index (κ1) is 20.6. The molecule has 31 heavy (non-hydrogen) atoms. The maximum atomic E-state index is 13.4. The lowest BCUT2D eigenvalue weighted by Crippen LogP contribution is -2.49. The maximum Gasteiger partial charge on any atom is 0.256 e. The monoisotopic (exact) mass is 439 g/mol. The van der Waals surface area contributed by atoms with E-state index in [1.54, 1.807) is 0 Å². The molecule has 0 radical (unpaired) electrons. The normalized spacial score (nSPS) is 19.9. The van der Waals surface area contributed by atoms with Crippen molar-refractivity contribution < 1.29 is 4.79 Å².